The van der Waals surface area contributed by atoms with E-state index in [0.717, 1.165) is 55.5 Å². The molecule has 0 aliphatic heterocycles. The molecule has 1 N–H and O–H groups in total. The number of aromatic nitrogens is 2. The van der Waals surface area contributed by atoms with Crippen LogP contribution in [0.25, 0.3) is 0 Å². The summed E-state index contributed by atoms with van der Waals surface area (Å²) in [5, 5.41) is 12.0. The topological polar surface area (TPSA) is 89.0 Å². The summed E-state index contributed by atoms with van der Waals surface area (Å²) in [6.45, 7) is 2.14. The van der Waals surface area contributed by atoms with E-state index in [1.807, 2.05) is 6.07 Å². The van der Waals surface area contributed by atoms with E-state index < -0.39 is 9.84 Å². The first-order valence-electron chi connectivity index (χ1n) is 9.45. The molecule has 0 spiro atoms. The molecule has 1 amide bonds. The molecule has 0 saturated heterocycles. The highest BCUT2D eigenvalue weighted by Gasteiger charge is 2.20. The van der Waals surface area contributed by atoms with Crippen molar-refractivity contribution in [3.63, 3.8) is 0 Å². The van der Waals surface area contributed by atoms with Crippen LogP contribution in [-0.2, 0) is 33.9 Å². The van der Waals surface area contributed by atoms with Gasteiger partial charge in [0.1, 0.15) is 5.01 Å². The van der Waals surface area contributed by atoms with Crippen molar-refractivity contribution in [1.82, 2.24) is 10.2 Å². The monoisotopic (exact) mass is 407 g/mol. The first-order valence-corrected chi connectivity index (χ1v) is 11.9. The lowest BCUT2D eigenvalue weighted by atomic mass is 10.1. The van der Waals surface area contributed by atoms with E-state index in [1.165, 1.54) is 16.9 Å². The van der Waals surface area contributed by atoms with E-state index in [0.29, 0.717) is 10.0 Å². The Labute approximate surface area is 164 Å². The van der Waals surface area contributed by atoms with Crippen molar-refractivity contribution in [2.24, 2.45) is 0 Å². The molecule has 27 heavy (non-hydrogen) atoms. The van der Waals surface area contributed by atoms with E-state index in [9.17, 15) is 13.2 Å². The molecule has 1 aliphatic rings. The summed E-state index contributed by atoms with van der Waals surface area (Å²) in [5.41, 5.74) is 2.35. The van der Waals surface area contributed by atoms with Crippen molar-refractivity contribution >= 4 is 32.2 Å². The third kappa shape index (κ3) is 5.35. The standard InChI is InChI=1S/C19H25N3O3S2/c1-2-3-4-8-18-21-22-19(26-18)20-17(23)11-12-27(24,25)16-10-9-14-6-5-7-15(14)13-16/h9-10,13H,2-8,11-12H2,1H3,(H,20,22,23). The molecule has 3 rings (SSSR count). The molecular formula is C19H25N3O3S2. The largest absolute Gasteiger partial charge is 0.301 e. The first-order chi connectivity index (χ1) is 13.0. The van der Waals surface area contributed by atoms with Crippen molar-refractivity contribution in [1.29, 1.82) is 0 Å². The molecule has 1 aliphatic carbocycles. The summed E-state index contributed by atoms with van der Waals surface area (Å²) in [4.78, 5) is 12.4. The summed E-state index contributed by atoms with van der Waals surface area (Å²) in [7, 11) is -3.47. The van der Waals surface area contributed by atoms with Gasteiger partial charge in [-0.2, -0.15) is 0 Å². The molecule has 1 aromatic carbocycles. The smallest absolute Gasteiger partial charge is 0.227 e. The quantitative estimate of drug-likeness (QED) is 0.642. The summed E-state index contributed by atoms with van der Waals surface area (Å²) in [6, 6.07) is 5.32. The molecule has 0 atom stereocenters. The van der Waals surface area contributed by atoms with Gasteiger partial charge in [-0.3, -0.25) is 4.79 Å². The van der Waals surface area contributed by atoms with E-state index in [1.54, 1.807) is 12.1 Å². The lowest BCUT2D eigenvalue weighted by Gasteiger charge is -2.07. The Morgan fingerprint density at radius 1 is 1.19 bits per heavy atom. The van der Waals surface area contributed by atoms with E-state index in [2.05, 4.69) is 22.4 Å². The molecule has 146 valence electrons. The summed E-state index contributed by atoms with van der Waals surface area (Å²) in [5.74, 6) is -0.559. The van der Waals surface area contributed by atoms with Gasteiger partial charge in [0.2, 0.25) is 11.0 Å². The molecular weight excluding hydrogens is 382 g/mol. The minimum Gasteiger partial charge on any atom is -0.301 e. The molecule has 1 heterocycles. The highest BCUT2D eigenvalue weighted by Crippen LogP contribution is 2.25. The van der Waals surface area contributed by atoms with Crippen LogP contribution in [0.5, 0.6) is 0 Å². The van der Waals surface area contributed by atoms with Gasteiger partial charge < -0.3 is 5.32 Å². The fourth-order valence-electron chi connectivity index (χ4n) is 3.20. The van der Waals surface area contributed by atoms with Gasteiger partial charge >= 0.3 is 0 Å². The fourth-order valence-corrected chi connectivity index (χ4v) is 5.28. The Kier molecular flexibility index (Phi) is 6.59. The van der Waals surface area contributed by atoms with Crippen LogP contribution >= 0.6 is 11.3 Å². The third-order valence-corrected chi connectivity index (χ3v) is 7.35. The molecule has 1 aromatic heterocycles. The van der Waals surface area contributed by atoms with Crippen molar-refractivity contribution in [2.75, 3.05) is 11.1 Å². The van der Waals surface area contributed by atoms with Gasteiger partial charge in [0, 0.05) is 12.8 Å². The van der Waals surface area contributed by atoms with Gasteiger partial charge in [-0.05, 0) is 48.9 Å². The number of unbranched alkanes of at least 4 members (excludes halogenated alkanes) is 2. The van der Waals surface area contributed by atoms with Crippen LogP contribution in [-0.4, -0.2) is 30.3 Å². The number of hydrogen-bond acceptors (Lipinski definition) is 6. The Morgan fingerprint density at radius 2 is 2.00 bits per heavy atom. The van der Waals surface area contributed by atoms with Crippen molar-refractivity contribution in [3.8, 4) is 0 Å². The highest BCUT2D eigenvalue weighted by atomic mass is 32.2. The second-order valence-electron chi connectivity index (χ2n) is 6.86. The van der Waals surface area contributed by atoms with Crippen LogP contribution in [0.4, 0.5) is 5.13 Å². The number of anilines is 1. The number of nitrogens with one attached hydrogen (secondary N) is 1. The number of fused-ring (bicyclic) bond motifs is 1. The zero-order valence-electron chi connectivity index (χ0n) is 15.5. The third-order valence-electron chi connectivity index (χ3n) is 4.73. The second kappa shape index (κ2) is 8.93. The molecule has 0 fully saturated rings. The number of carbonyl (C=O) groups excluding carboxylic acids is 1. The normalized spacial score (nSPS) is 13.5. The minimum atomic E-state index is -3.47. The van der Waals surface area contributed by atoms with E-state index in [-0.39, 0.29) is 18.1 Å². The maximum atomic E-state index is 12.5. The molecule has 0 bridgehead atoms. The number of amides is 1. The fraction of sp³-hybridized carbons (Fsp3) is 0.526. The summed E-state index contributed by atoms with van der Waals surface area (Å²) >= 11 is 1.35. The van der Waals surface area contributed by atoms with Crippen LogP contribution in [0.1, 0.15) is 55.2 Å². The first kappa shape index (κ1) is 19.9. The van der Waals surface area contributed by atoms with E-state index in [4.69, 9.17) is 0 Å². The van der Waals surface area contributed by atoms with E-state index >= 15 is 0 Å². The lowest BCUT2D eigenvalue weighted by Crippen LogP contribution is -2.17. The number of aryl methyl sites for hydroxylation is 3. The lowest BCUT2D eigenvalue weighted by molar-refractivity contribution is -0.115. The second-order valence-corrected chi connectivity index (χ2v) is 10.0. The number of sulfone groups is 1. The molecule has 0 saturated carbocycles. The van der Waals surface area contributed by atoms with Gasteiger partial charge in [-0.25, -0.2) is 8.42 Å². The van der Waals surface area contributed by atoms with Crippen molar-refractivity contribution in [2.45, 2.75) is 63.2 Å². The molecule has 6 nitrogen and oxygen atoms in total. The maximum Gasteiger partial charge on any atom is 0.227 e. The predicted octanol–water partition coefficient (Wildman–Crippen LogP) is 3.56. The number of nitrogens with zero attached hydrogens (tertiary/aromatic N) is 2. The summed E-state index contributed by atoms with van der Waals surface area (Å²) in [6.07, 6.45) is 7.11. The van der Waals surface area contributed by atoms with Crippen LogP contribution < -0.4 is 5.32 Å². The zero-order valence-corrected chi connectivity index (χ0v) is 17.2. The number of rotatable bonds is 9. The van der Waals surface area contributed by atoms with Crippen LogP contribution in [0.15, 0.2) is 23.1 Å². The van der Waals surface area contributed by atoms with Gasteiger partial charge in [-0.15, -0.1) is 10.2 Å². The average molecular weight is 408 g/mol. The Balaban J connectivity index is 1.52. The van der Waals surface area contributed by atoms with Crippen molar-refractivity contribution in [3.05, 3.63) is 34.3 Å². The minimum absolute atomic E-state index is 0.0931. The Hall–Kier alpha value is -1.80. The van der Waals surface area contributed by atoms with Crippen LogP contribution in [0.2, 0.25) is 0 Å². The van der Waals surface area contributed by atoms with Gasteiger partial charge in [0.15, 0.2) is 9.84 Å². The molecule has 0 radical (unpaired) electrons. The molecule has 2 aromatic rings. The summed E-state index contributed by atoms with van der Waals surface area (Å²) < 4.78 is 25.1. The zero-order chi connectivity index (χ0) is 19.3. The highest BCUT2D eigenvalue weighted by molar-refractivity contribution is 7.91. The Morgan fingerprint density at radius 3 is 2.81 bits per heavy atom. The van der Waals surface area contributed by atoms with Crippen molar-refractivity contribution < 1.29 is 13.2 Å². The van der Waals surface area contributed by atoms with Crippen LogP contribution in [0.3, 0.4) is 0 Å². The van der Waals surface area contributed by atoms with Gasteiger partial charge in [0.25, 0.3) is 0 Å². The number of benzene rings is 1. The van der Waals surface area contributed by atoms with Gasteiger partial charge in [-0.1, -0.05) is 37.2 Å². The average Bonchev–Trinajstić information content (AvgIpc) is 3.29. The number of hydrogen-bond donors (Lipinski definition) is 1. The molecule has 8 heteroatoms. The Bertz CT molecular complexity index is 907. The SMILES string of the molecule is CCCCCc1nnc(NC(=O)CCS(=O)(=O)c2ccc3c(c2)CCC3)s1. The predicted molar refractivity (Wildman–Crippen MR) is 107 cm³/mol. The van der Waals surface area contributed by atoms with Crippen LogP contribution in [0, 0.1) is 0 Å². The van der Waals surface area contributed by atoms with Gasteiger partial charge in [0.05, 0.1) is 10.6 Å². The number of carbonyl (C=O) groups is 1. The maximum absolute atomic E-state index is 12.5. The molecule has 0 unspecified atom stereocenters.